The molecule has 0 radical (unpaired) electrons. The Morgan fingerprint density at radius 1 is 1.33 bits per heavy atom. The molecule has 1 amide bonds. The van der Waals surface area contributed by atoms with Crippen LogP contribution in [0.2, 0.25) is 0 Å². The van der Waals surface area contributed by atoms with Crippen LogP contribution in [0.3, 0.4) is 0 Å². The summed E-state index contributed by atoms with van der Waals surface area (Å²) >= 11 is 0. The summed E-state index contributed by atoms with van der Waals surface area (Å²) in [6.07, 6.45) is 5.94. The molecule has 0 spiro atoms. The van der Waals surface area contributed by atoms with Gasteiger partial charge >= 0.3 is 0 Å². The lowest BCUT2D eigenvalue weighted by atomic mass is 9.95. The number of carbonyl (C=O) groups is 1. The number of rotatable bonds is 6. The lowest BCUT2D eigenvalue weighted by molar-refractivity contribution is -0.126. The largest absolute Gasteiger partial charge is 0.493 e. The van der Waals surface area contributed by atoms with E-state index in [4.69, 9.17) is 14.0 Å². The van der Waals surface area contributed by atoms with Crippen LogP contribution >= 0.6 is 0 Å². The molecular weight excluding hydrogens is 346 g/mol. The van der Waals surface area contributed by atoms with Crippen molar-refractivity contribution in [1.82, 2.24) is 15.5 Å². The zero-order chi connectivity index (χ0) is 18.6. The number of hydrogen-bond donors (Lipinski definition) is 1. The predicted octanol–water partition coefficient (Wildman–Crippen LogP) is 2.65. The minimum atomic E-state index is -0.205. The van der Waals surface area contributed by atoms with Crippen molar-refractivity contribution in [3.63, 3.8) is 0 Å². The maximum absolute atomic E-state index is 12.5. The average molecular weight is 371 g/mol. The van der Waals surface area contributed by atoms with Crippen molar-refractivity contribution in [1.29, 1.82) is 0 Å². The summed E-state index contributed by atoms with van der Waals surface area (Å²) in [5.74, 6) is 3.06. The van der Waals surface area contributed by atoms with Gasteiger partial charge in [-0.05, 0) is 30.9 Å². The van der Waals surface area contributed by atoms with Crippen molar-refractivity contribution in [2.24, 2.45) is 5.92 Å². The summed E-state index contributed by atoms with van der Waals surface area (Å²) in [7, 11) is 1.62. The fourth-order valence-corrected chi connectivity index (χ4v) is 3.87. The van der Waals surface area contributed by atoms with Gasteiger partial charge in [0.2, 0.25) is 11.8 Å². The lowest BCUT2D eigenvalue weighted by Crippen LogP contribution is -2.38. The van der Waals surface area contributed by atoms with E-state index in [-0.39, 0.29) is 11.8 Å². The molecule has 1 unspecified atom stereocenters. The highest BCUT2D eigenvalue weighted by Gasteiger charge is 2.28. The van der Waals surface area contributed by atoms with E-state index in [9.17, 15) is 4.79 Å². The summed E-state index contributed by atoms with van der Waals surface area (Å²) in [6, 6.07) is 5.75. The molecule has 7 heteroatoms. The number of aromatic nitrogens is 2. The van der Waals surface area contributed by atoms with E-state index in [0.29, 0.717) is 43.5 Å². The highest BCUT2D eigenvalue weighted by atomic mass is 16.5. The number of carbonyl (C=O) groups excluding carboxylic acids is 1. The van der Waals surface area contributed by atoms with Crippen molar-refractivity contribution in [2.75, 3.05) is 20.3 Å². The van der Waals surface area contributed by atoms with Crippen molar-refractivity contribution in [2.45, 2.75) is 44.4 Å². The quantitative estimate of drug-likeness (QED) is 0.840. The van der Waals surface area contributed by atoms with Crippen LogP contribution in [0.4, 0.5) is 0 Å². The van der Waals surface area contributed by atoms with Gasteiger partial charge in [0.15, 0.2) is 17.3 Å². The van der Waals surface area contributed by atoms with Gasteiger partial charge in [-0.1, -0.05) is 30.1 Å². The van der Waals surface area contributed by atoms with Gasteiger partial charge in [-0.15, -0.1) is 0 Å². The Kier molecular flexibility index (Phi) is 5.27. The van der Waals surface area contributed by atoms with E-state index in [1.807, 2.05) is 18.2 Å². The van der Waals surface area contributed by atoms with Crippen molar-refractivity contribution < 1.29 is 18.8 Å². The fourth-order valence-electron chi connectivity index (χ4n) is 3.87. The van der Waals surface area contributed by atoms with Gasteiger partial charge in [-0.3, -0.25) is 4.79 Å². The Hall–Kier alpha value is -2.57. The molecule has 0 saturated heterocycles. The lowest BCUT2D eigenvalue weighted by Gasteiger charge is -2.25. The van der Waals surface area contributed by atoms with Gasteiger partial charge in [0, 0.05) is 18.9 Å². The molecule has 2 aromatic rings. The van der Waals surface area contributed by atoms with Gasteiger partial charge in [0.25, 0.3) is 0 Å². The molecule has 1 aliphatic carbocycles. The molecule has 4 rings (SSSR count). The summed E-state index contributed by atoms with van der Waals surface area (Å²) in [6.45, 7) is 0.844. The molecule has 0 bridgehead atoms. The monoisotopic (exact) mass is 371 g/mol. The van der Waals surface area contributed by atoms with Crippen molar-refractivity contribution in [3.8, 4) is 11.5 Å². The van der Waals surface area contributed by atoms with Crippen LogP contribution in [0.1, 0.15) is 48.9 Å². The number of amides is 1. The molecule has 1 N–H and O–H groups in total. The minimum Gasteiger partial charge on any atom is -0.493 e. The molecule has 2 heterocycles. The molecule has 1 aliphatic heterocycles. The Morgan fingerprint density at radius 2 is 2.19 bits per heavy atom. The molecule has 2 aliphatic rings. The van der Waals surface area contributed by atoms with E-state index in [1.54, 1.807) is 7.11 Å². The summed E-state index contributed by atoms with van der Waals surface area (Å²) < 4.78 is 16.5. The number of benzene rings is 1. The molecule has 7 nitrogen and oxygen atoms in total. The normalized spacial score (nSPS) is 19.4. The number of nitrogens with one attached hydrogen (secondary N) is 1. The molecular formula is C20H25N3O4. The van der Waals surface area contributed by atoms with E-state index in [0.717, 1.165) is 30.0 Å². The smallest absolute Gasteiger partial charge is 0.229 e. The number of fused-ring (bicyclic) bond motifs is 1. The zero-order valence-corrected chi connectivity index (χ0v) is 15.6. The minimum absolute atomic E-state index is 0.0111. The van der Waals surface area contributed by atoms with Crippen molar-refractivity contribution in [3.05, 3.63) is 35.5 Å². The van der Waals surface area contributed by atoms with Crippen LogP contribution in [0.25, 0.3) is 0 Å². The third kappa shape index (κ3) is 3.91. The number of hydrogen-bond acceptors (Lipinski definition) is 6. The van der Waals surface area contributed by atoms with Gasteiger partial charge in [-0.2, -0.15) is 4.98 Å². The van der Waals surface area contributed by atoms with Crippen molar-refractivity contribution >= 4 is 5.91 Å². The van der Waals surface area contributed by atoms with Crippen LogP contribution in [0.5, 0.6) is 11.5 Å². The zero-order valence-electron chi connectivity index (χ0n) is 15.6. The SMILES string of the molecule is COc1cccc2c1OCC(C(=O)NCCc1noc(C3CCCC3)n1)C2. The summed E-state index contributed by atoms with van der Waals surface area (Å²) in [5.41, 5.74) is 1.00. The Bertz CT molecular complexity index is 798. The molecule has 1 saturated carbocycles. The van der Waals surface area contributed by atoms with Gasteiger partial charge in [0.05, 0.1) is 13.0 Å². The number of ether oxygens (including phenoxy) is 2. The molecule has 27 heavy (non-hydrogen) atoms. The molecule has 1 fully saturated rings. The van der Waals surface area contributed by atoms with Crippen LogP contribution in [-0.4, -0.2) is 36.3 Å². The number of methoxy groups -OCH3 is 1. The van der Waals surface area contributed by atoms with Gasteiger partial charge < -0.3 is 19.3 Å². The van der Waals surface area contributed by atoms with E-state index >= 15 is 0 Å². The second-order valence-electron chi connectivity index (χ2n) is 7.23. The fraction of sp³-hybridized carbons (Fsp3) is 0.550. The number of nitrogens with zero attached hydrogens (tertiary/aromatic N) is 2. The second-order valence-corrected chi connectivity index (χ2v) is 7.23. The average Bonchev–Trinajstić information content (AvgIpc) is 3.38. The van der Waals surface area contributed by atoms with Crippen LogP contribution in [0.15, 0.2) is 22.7 Å². The highest BCUT2D eigenvalue weighted by Crippen LogP contribution is 2.36. The Labute approximate surface area is 158 Å². The van der Waals surface area contributed by atoms with Gasteiger partial charge in [-0.25, -0.2) is 0 Å². The maximum atomic E-state index is 12.5. The standard InChI is InChI=1S/C20H25N3O4/c1-25-16-8-4-7-14-11-15(12-26-18(14)16)19(24)21-10-9-17-22-20(27-23-17)13-5-2-3-6-13/h4,7-8,13,15H,2-3,5-6,9-12H2,1H3,(H,21,24). The second kappa shape index (κ2) is 7.98. The first kappa shape index (κ1) is 17.8. The highest BCUT2D eigenvalue weighted by molar-refractivity contribution is 5.79. The topological polar surface area (TPSA) is 86.5 Å². The third-order valence-corrected chi connectivity index (χ3v) is 5.38. The summed E-state index contributed by atoms with van der Waals surface area (Å²) in [5, 5.41) is 7.01. The molecule has 1 aromatic heterocycles. The Balaban J connectivity index is 1.27. The van der Waals surface area contributed by atoms with E-state index in [2.05, 4.69) is 15.5 Å². The Morgan fingerprint density at radius 3 is 3.00 bits per heavy atom. The van der Waals surface area contributed by atoms with Gasteiger partial charge in [0.1, 0.15) is 6.61 Å². The van der Waals surface area contributed by atoms with E-state index in [1.165, 1.54) is 12.8 Å². The molecule has 144 valence electrons. The first-order valence-corrected chi connectivity index (χ1v) is 9.63. The first-order chi connectivity index (χ1) is 13.2. The number of para-hydroxylation sites is 1. The predicted molar refractivity (Wildman–Crippen MR) is 97.9 cm³/mol. The summed E-state index contributed by atoms with van der Waals surface area (Å²) in [4.78, 5) is 17.0. The van der Waals surface area contributed by atoms with E-state index < -0.39 is 0 Å². The van der Waals surface area contributed by atoms with Crippen LogP contribution in [-0.2, 0) is 17.6 Å². The maximum Gasteiger partial charge on any atom is 0.229 e. The molecule has 1 aromatic carbocycles. The first-order valence-electron chi connectivity index (χ1n) is 9.63. The third-order valence-electron chi connectivity index (χ3n) is 5.38. The van der Waals surface area contributed by atoms with Crippen LogP contribution < -0.4 is 14.8 Å². The molecule has 1 atom stereocenters. The van der Waals surface area contributed by atoms with Crippen LogP contribution in [0, 0.1) is 5.92 Å².